The van der Waals surface area contributed by atoms with Crippen molar-refractivity contribution in [3.05, 3.63) is 53.6 Å². The first-order valence-corrected chi connectivity index (χ1v) is 6.15. The van der Waals surface area contributed by atoms with Gasteiger partial charge in [-0.25, -0.2) is 0 Å². The van der Waals surface area contributed by atoms with E-state index in [0.717, 1.165) is 12.1 Å². The highest BCUT2D eigenvalue weighted by molar-refractivity contribution is 6.07. The van der Waals surface area contributed by atoms with Crippen molar-refractivity contribution in [1.29, 1.82) is 0 Å². The molecule has 19 heavy (non-hydrogen) atoms. The number of nitrogen functional groups attached to an aromatic ring is 1. The molecule has 3 N–H and O–H groups in total. The number of hydrogen-bond donors (Lipinski definition) is 2. The van der Waals surface area contributed by atoms with Crippen LogP contribution in [0.2, 0.25) is 0 Å². The number of hydrogen-bond acceptors (Lipinski definition) is 3. The minimum Gasteiger partial charge on any atom is -0.506 e. The van der Waals surface area contributed by atoms with Gasteiger partial charge in [-0.15, -0.1) is 0 Å². The Morgan fingerprint density at radius 1 is 1.21 bits per heavy atom. The average molecular weight is 254 g/mol. The minimum atomic E-state index is -0.111. The molecule has 2 aromatic rings. The molecule has 0 radical (unpaired) electrons. The molecule has 0 spiro atoms. The van der Waals surface area contributed by atoms with Crippen LogP contribution in [0, 0.1) is 0 Å². The van der Waals surface area contributed by atoms with Gasteiger partial charge in [-0.3, -0.25) is 4.79 Å². The van der Waals surface area contributed by atoms with Gasteiger partial charge in [0.2, 0.25) is 0 Å². The molecule has 1 heterocycles. The van der Waals surface area contributed by atoms with Gasteiger partial charge in [0.25, 0.3) is 5.91 Å². The predicted octanol–water partition coefficient (Wildman–Crippen LogP) is 2.18. The third-order valence-corrected chi connectivity index (χ3v) is 3.41. The van der Waals surface area contributed by atoms with Crippen LogP contribution in [-0.2, 0) is 6.42 Å². The summed E-state index contributed by atoms with van der Waals surface area (Å²) >= 11 is 0. The van der Waals surface area contributed by atoms with Crippen molar-refractivity contribution in [2.24, 2.45) is 0 Å². The average Bonchev–Trinajstić information content (AvgIpc) is 2.85. The summed E-state index contributed by atoms with van der Waals surface area (Å²) < 4.78 is 0. The van der Waals surface area contributed by atoms with E-state index in [2.05, 4.69) is 0 Å². The van der Waals surface area contributed by atoms with Gasteiger partial charge in [0.05, 0.1) is 5.69 Å². The number of phenolic OH excluding ortho intramolecular Hbond substituents is 1. The van der Waals surface area contributed by atoms with Crippen LogP contribution in [0.25, 0.3) is 0 Å². The van der Waals surface area contributed by atoms with Crippen LogP contribution >= 0.6 is 0 Å². The normalized spacial score (nSPS) is 13.4. The molecule has 0 fully saturated rings. The van der Waals surface area contributed by atoms with Crippen molar-refractivity contribution in [1.82, 2.24) is 0 Å². The lowest BCUT2D eigenvalue weighted by Crippen LogP contribution is -2.28. The second-order valence-electron chi connectivity index (χ2n) is 4.61. The maximum Gasteiger partial charge on any atom is 0.258 e. The monoisotopic (exact) mass is 254 g/mol. The fourth-order valence-corrected chi connectivity index (χ4v) is 2.38. The number of amides is 1. The van der Waals surface area contributed by atoms with Crippen LogP contribution < -0.4 is 10.6 Å². The van der Waals surface area contributed by atoms with E-state index in [9.17, 15) is 9.90 Å². The van der Waals surface area contributed by atoms with Crippen molar-refractivity contribution >= 4 is 17.3 Å². The van der Waals surface area contributed by atoms with Gasteiger partial charge < -0.3 is 15.7 Å². The van der Waals surface area contributed by atoms with E-state index < -0.39 is 0 Å². The van der Waals surface area contributed by atoms with Gasteiger partial charge in [-0.1, -0.05) is 18.2 Å². The minimum absolute atomic E-state index is 0.0571. The van der Waals surface area contributed by atoms with Gasteiger partial charge in [0.15, 0.2) is 0 Å². The van der Waals surface area contributed by atoms with Crippen LogP contribution in [0.5, 0.6) is 5.75 Å². The van der Waals surface area contributed by atoms with E-state index >= 15 is 0 Å². The highest BCUT2D eigenvalue weighted by Crippen LogP contribution is 2.30. The van der Waals surface area contributed by atoms with Crippen LogP contribution in [0.1, 0.15) is 15.9 Å². The molecule has 4 heteroatoms. The van der Waals surface area contributed by atoms with Crippen molar-refractivity contribution in [3.8, 4) is 5.75 Å². The Balaban J connectivity index is 1.95. The Morgan fingerprint density at radius 2 is 2.00 bits per heavy atom. The number of phenols is 1. The zero-order chi connectivity index (χ0) is 13.4. The number of rotatable bonds is 1. The first kappa shape index (κ1) is 11.6. The predicted molar refractivity (Wildman–Crippen MR) is 74.3 cm³/mol. The fourth-order valence-electron chi connectivity index (χ4n) is 2.38. The quantitative estimate of drug-likeness (QED) is 0.605. The Labute approximate surface area is 111 Å². The molecular formula is C15H14N2O2. The Kier molecular flexibility index (Phi) is 2.63. The first-order valence-electron chi connectivity index (χ1n) is 6.15. The van der Waals surface area contributed by atoms with Crippen molar-refractivity contribution in [3.63, 3.8) is 0 Å². The number of benzene rings is 2. The third-order valence-electron chi connectivity index (χ3n) is 3.41. The number of para-hydroxylation sites is 1. The van der Waals surface area contributed by atoms with Crippen LogP contribution in [0.3, 0.4) is 0 Å². The van der Waals surface area contributed by atoms with E-state index in [1.807, 2.05) is 24.3 Å². The van der Waals surface area contributed by atoms with Crippen molar-refractivity contribution in [2.45, 2.75) is 6.42 Å². The summed E-state index contributed by atoms with van der Waals surface area (Å²) in [4.78, 5) is 14.2. The Hall–Kier alpha value is -2.49. The third kappa shape index (κ3) is 1.91. The largest absolute Gasteiger partial charge is 0.506 e. The summed E-state index contributed by atoms with van der Waals surface area (Å²) in [6.07, 6.45) is 0.864. The highest BCUT2D eigenvalue weighted by atomic mass is 16.3. The van der Waals surface area contributed by atoms with Crippen molar-refractivity contribution < 1.29 is 9.90 Å². The van der Waals surface area contributed by atoms with Gasteiger partial charge >= 0.3 is 0 Å². The molecule has 0 unspecified atom stereocenters. The second-order valence-corrected chi connectivity index (χ2v) is 4.61. The number of carbonyl (C=O) groups excluding carboxylic acids is 1. The van der Waals surface area contributed by atoms with E-state index in [4.69, 9.17) is 5.73 Å². The smallest absolute Gasteiger partial charge is 0.258 e. The van der Waals surface area contributed by atoms with Crippen molar-refractivity contribution in [2.75, 3.05) is 17.2 Å². The molecule has 0 saturated carbocycles. The van der Waals surface area contributed by atoms with E-state index in [1.165, 1.54) is 11.6 Å². The molecular weight excluding hydrogens is 240 g/mol. The van der Waals surface area contributed by atoms with Gasteiger partial charge in [0, 0.05) is 17.8 Å². The summed E-state index contributed by atoms with van der Waals surface area (Å²) in [5.74, 6) is -0.168. The van der Waals surface area contributed by atoms with Crippen LogP contribution in [-0.4, -0.2) is 17.6 Å². The highest BCUT2D eigenvalue weighted by Gasteiger charge is 2.25. The summed E-state index contributed by atoms with van der Waals surface area (Å²) in [5, 5.41) is 9.59. The number of aromatic hydroxyl groups is 1. The number of anilines is 2. The van der Waals surface area contributed by atoms with E-state index in [0.29, 0.717) is 12.1 Å². The number of carbonyl (C=O) groups is 1. The zero-order valence-electron chi connectivity index (χ0n) is 10.3. The lowest BCUT2D eigenvalue weighted by atomic mass is 10.1. The molecule has 0 bridgehead atoms. The fraction of sp³-hybridized carbons (Fsp3) is 0.133. The summed E-state index contributed by atoms with van der Waals surface area (Å²) in [6.45, 7) is 0.670. The Morgan fingerprint density at radius 3 is 2.79 bits per heavy atom. The molecule has 0 atom stereocenters. The van der Waals surface area contributed by atoms with Crippen LogP contribution in [0.15, 0.2) is 42.5 Å². The maximum atomic E-state index is 12.4. The SMILES string of the molecule is Nc1ccc(C(=O)N2CCc3ccccc32)cc1O. The van der Waals surface area contributed by atoms with Gasteiger partial charge in [-0.2, -0.15) is 0 Å². The number of nitrogens with zero attached hydrogens (tertiary/aromatic N) is 1. The molecule has 1 aliphatic rings. The summed E-state index contributed by atoms with van der Waals surface area (Å²) in [5.41, 5.74) is 8.39. The summed E-state index contributed by atoms with van der Waals surface area (Å²) in [7, 11) is 0. The molecule has 3 rings (SSSR count). The lowest BCUT2D eigenvalue weighted by Gasteiger charge is -2.17. The van der Waals surface area contributed by atoms with Gasteiger partial charge in [-0.05, 0) is 36.2 Å². The zero-order valence-corrected chi connectivity index (χ0v) is 10.3. The molecule has 0 saturated heterocycles. The molecule has 1 aliphatic heterocycles. The molecule has 0 aromatic heterocycles. The maximum absolute atomic E-state index is 12.4. The Bertz CT molecular complexity index is 652. The lowest BCUT2D eigenvalue weighted by molar-refractivity contribution is 0.0989. The molecule has 96 valence electrons. The number of fused-ring (bicyclic) bond motifs is 1. The van der Waals surface area contributed by atoms with E-state index in [1.54, 1.807) is 17.0 Å². The molecule has 4 nitrogen and oxygen atoms in total. The molecule has 2 aromatic carbocycles. The first-order chi connectivity index (χ1) is 9.16. The van der Waals surface area contributed by atoms with Gasteiger partial charge in [0.1, 0.15) is 5.75 Å². The van der Waals surface area contributed by atoms with E-state index in [-0.39, 0.29) is 17.3 Å². The number of nitrogens with two attached hydrogens (primary N) is 1. The topological polar surface area (TPSA) is 66.6 Å². The second kappa shape index (κ2) is 4.31. The van der Waals surface area contributed by atoms with Crippen LogP contribution in [0.4, 0.5) is 11.4 Å². The molecule has 0 aliphatic carbocycles. The molecule has 1 amide bonds. The standard InChI is InChI=1S/C15H14N2O2/c16-12-6-5-11(9-14(12)18)15(19)17-8-7-10-3-1-2-4-13(10)17/h1-6,9,18H,7-8,16H2. The summed E-state index contributed by atoms with van der Waals surface area (Å²) in [6, 6.07) is 12.5.